The summed E-state index contributed by atoms with van der Waals surface area (Å²) >= 11 is 5.47. The number of hydrogen-bond acceptors (Lipinski definition) is 11. The number of hydrazone groups is 1. The summed E-state index contributed by atoms with van der Waals surface area (Å²) in [4.78, 5) is 57.2. The van der Waals surface area contributed by atoms with Crippen molar-refractivity contribution in [3.63, 3.8) is 0 Å². The van der Waals surface area contributed by atoms with Crippen LogP contribution in [0.5, 0.6) is 11.5 Å². The van der Waals surface area contributed by atoms with Crippen LogP contribution in [-0.4, -0.2) is 71.4 Å². The van der Waals surface area contributed by atoms with Gasteiger partial charge < -0.3 is 4.52 Å². The van der Waals surface area contributed by atoms with Crippen LogP contribution < -0.4 is 9.05 Å². The van der Waals surface area contributed by atoms with Crippen molar-refractivity contribution in [1.29, 1.82) is 0 Å². The van der Waals surface area contributed by atoms with Crippen molar-refractivity contribution >= 4 is 66.4 Å². The third-order valence-electron chi connectivity index (χ3n) is 4.45. The fraction of sp³-hybridized carbons (Fsp3) is 0.278. The molecule has 0 amide bonds. The molecule has 2 rings (SSSR count). The quantitative estimate of drug-likeness (QED) is 0.103. The van der Waals surface area contributed by atoms with Crippen molar-refractivity contribution in [2.75, 3.05) is 26.2 Å². The van der Waals surface area contributed by atoms with Gasteiger partial charge in [0, 0.05) is 0 Å². The molecule has 0 fully saturated rings. The van der Waals surface area contributed by atoms with Crippen LogP contribution in [0.15, 0.2) is 53.6 Å². The second kappa shape index (κ2) is 15.0. The monoisotopic (exact) mass is 637 g/mol. The van der Waals surface area contributed by atoms with Crippen LogP contribution in [0.1, 0.15) is 11.1 Å². The second-order valence-corrected chi connectivity index (χ2v) is 19.7. The van der Waals surface area contributed by atoms with E-state index in [0.717, 1.165) is 16.9 Å². The summed E-state index contributed by atoms with van der Waals surface area (Å²) in [6, 6.07) is 14.6. The summed E-state index contributed by atoms with van der Waals surface area (Å²) in [6.45, 7) is 0.157. The Bertz CT molecular complexity index is 990. The van der Waals surface area contributed by atoms with E-state index in [-0.39, 0.29) is 6.54 Å². The molecule has 0 saturated heterocycles. The summed E-state index contributed by atoms with van der Waals surface area (Å²) in [5, 5.41) is 4.36. The molecule has 2 aromatic rings. The molecule has 3 atom stereocenters. The maximum atomic E-state index is 9.33. The van der Waals surface area contributed by atoms with Gasteiger partial charge in [-0.05, 0) is 29.8 Å². The Labute approximate surface area is 222 Å². The Kier molecular flexibility index (Phi) is 13.4. The van der Waals surface area contributed by atoms with Crippen molar-refractivity contribution < 1.29 is 38.4 Å². The number of benzene rings is 2. The van der Waals surface area contributed by atoms with Gasteiger partial charge in [0.05, 0.1) is 6.21 Å². The zero-order valence-electron chi connectivity index (χ0n) is 19.4. The van der Waals surface area contributed by atoms with Gasteiger partial charge in [0.15, 0.2) is 0 Å². The molecule has 204 valence electrons. The predicted octanol–water partition coefficient (Wildman–Crippen LogP) is 2.60. The molecule has 0 spiro atoms. The number of hydrogen-bond donors (Lipinski definition) is 6. The van der Waals surface area contributed by atoms with Crippen molar-refractivity contribution in [3.05, 3.63) is 59.7 Å². The SMILES string of the molecule is CN(/N=C/c1ccc(OP(P)P)cc1)[PH](=S)Oc1ccc(CCN(C[PH](O)(O)O)C[PH](O)(O)O)cc1. The molecule has 0 bridgehead atoms. The van der Waals surface area contributed by atoms with E-state index in [1.165, 1.54) is 4.90 Å². The average Bonchev–Trinajstić information content (AvgIpc) is 2.75. The number of nitrogens with zero attached hydrogens (tertiary/aromatic N) is 3. The van der Waals surface area contributed by atoms with Gasteiger partial charge in [-0.3, -0.25) is 0 Å². The van der Waals surface area contributed by atoms with E-state index in [4.69, 9.17) is 20.9 Å². The fourth-order valence-electron chi connectivity index (χ4n) is 2.93. The number of rotatable bonds is 14. The van der Waals surface area contributed by atoms with E-state index < -0.39 is 43.1 Å². The van der Waals surface area contributed by atoms with Gasteiger partial charge in [-0.2, -0.15) is 0 Å². The first-order chi connectivity index (χ1) is 16.7. The Hall–Kier alpha value is 0.0300. The second-order valence-electron chi connectivity index (χ2n) is 7.81. The van der Waals surface area contributed by atoms with Gasteiger partial charge in [0.2, 0.25) is 0 Å². The molecule has 18 heteroatoms. The van der Waals surface area contributed by atoms with Crippen molar-refractivity contribution in [1.82, 2.24) is 9.68 Å². The van der Waals surface area contributed by atoms with Crippen LogP contribution in [0.3, 0.4) is 0 Å². The van der Waals surface area contributed by atoms with Crippen LogP contribution >= 0.6 is 48.3 Å². The molecule has 36 heavy (non-hydrogen) atoms. The predicted molar refractivity (Wildman–Crippen MR) is 162 cm³/mol. The minimum atomic E-state index is -4.47. The summed E-state index contributed by atoms with van der Waals surface area (Å²) in [6.07, 6.45) is 0.988. The molecule has 6 N–H and O–H groups in total. The average molecular weight is 637 g/mol. The molecule has 2 aromatic carbocycles. The fourth-order valence-corrected chi connectivity index (χ4v) is 7.04. The molecule has 0 aliphatic heterocycles. The zero-order valence-corrected chi connectivity index (χ0v) is 26.4. The van der Waals surface area contributed by atoms with Crippen LogP contribution in [0, 0.1) is 0 Å². The molecule has 0 heterocycles. The maximum absolute atomic E-state index is 9.33. The molecule has 0 aliphatic rings. The minimum absolute atomic E-state index is 0.157. The van der Waals surface area contributed by atoms with E-state index >= 15 is 0 Å². The summed E-state index contributed by atoms with van der Waals surface area (Å²) in [5.41, 5.74) is 1.74. The van der Waals surface area contributed by atoms with E-state index in [1.807, 2.05) is 24.3 Å². The van der Waals surface area contributed by atoms with Crippen molar-refractivity contribution in [3.8, 4) is 11.5 Å². The van der Waals surface area contributed by atoms with Crippen LogP contribution in [-0.2, 0) is 18.2 Å². The topological polar surface area (TPSA) is 159 Å². The summed E-state index contributed by atoms with van der Waals surface area (Å²) in [5.74, 6) is 1.34. The molecule has 0 aromatic heterocycles. The molecule has 3 unspecified atom stereocenters. The zero-order chi connectivity index (χ0) is 26.9. The summed E-state index contributed by atoms with van der Waals surface area (Å²) in [7, 11) is -4.50. The first-order valence-electron chi connectivity index (χ1n) is 10.4. The standard InChI is InChI=1S/C18H33N3O8P6S/c1-20(19-12-16-4-8-18(9-5-16)29-33(30)31)32(36)28-17-6-2-15(3-7-17)10-11-21(13-34(22,23)24)14-35(25,26)27/h2-9,12,22-27,32,34-35H,10-11,13-14,30-31H2,1H3/b19-12+. The molecule has 0 radical (unpaired) electrons. The Balaban J connectivity index is 1.89. The van der Waals surface area contributed by atoms with Crippen molar-refractivity contribution in [2.45, 2.75) is 6.42 Å². The molecule has 0 aliphatic carbocycles. The first kappa shape index (κ1) is 32.2. The Morgan fingerprint density at radius 1 is 0.944 bits per heavy atom. The van der Waals surface area contributed by atoms with Crippen LogP contribution in [0.2, 0.25) is 0 Å². The Morgan fingerprint density at radius 3 is 1.97 bits per heavy atom. The van der Waals surface area contributed by atoms with Crippen molar-refractivity contribution in [2.24, 2.45) is 5.10 Å². The van der Waals surface area contributed by atoms with Gasteiger partial charge >= 0.3 is 152 Å². The van der Waals surface area contributed by atoms with Crippen LogP contribution in [0.25, 0.3) is 0 Å². The first-order valence-corrected chi connectivity index (χ1v) is 21.5. The van der Waals surface area contributed by atoms with E-state index in [2.05, 4.69) is 23.0 Å². The summed E-state index contributed by atoms with van der Waals surface area (Å²) < 4.78 is 13.1. The van der Waals surface area contributed by atoms with Gasteiger partial charge in [-0.1, -0.05) is 17.9 Å². The molecule has 11 nitrogen and oxygen atoms in total. The molecular formula is C18H33N3O8P6S. The normalized spacial score (nSPS) is 14.3. The van der Waals surface area contributed by atoms with E-state index in [1.54, 1.807) is 42.3 Å². The molecular weight excluding hydrogens is 604 g/mol. The third kappa shape index (κ3) is 13.7. The van der Waals surface area contributed by atoms with E-state index in [9.17, 15) is 29.4 Å². The van der Waals surface area contributed by atoms with Gasteiger partial charge in [-0.15, -0.1) is 0 Å². The molecule has 0 saturated carbocycles. The third-order valence-corrected chi connectivity index (χ3v) is 9.35. The van der Waals surface area contributed by atoms with Gasteiger partial charge in [0.1, 0.15) is 13.3 Å². The van der Waals surface area contributed by atoms with E-state index in [0.29, 0.717) is 12.2 Å². The van der Waals surface area contributed by atoms with Crippen LogP contribution in [0.4, 0.5) is 0 Å². The Morgan fingerprint density at radius 2 is 1.47 bits per heavy atom. The van der Waals surface area contributed by atoms with Gasteiger partial charge in [0.25, 0.3) is 0 Å². The van der Waals surface area contributed by atoms with Gasteiger partial charge in [-0.25, -0.2) is 0 Å².